The van der Waals surface area contributed by atoms with Crippen LogP contribution in [0.25, 0.3) is 22.1 Å². The number of benzene rings is 3. The van der Waals surface area contributed by atoms with Crippen molar-refractivity contribution in [2.24, 2.45) is 0 Å². The molecule has 3 aromatic carbocycles. The standard InChI is InChI=1S/C30H28O9/c1-33-19-7-5-17(6-8-19)22-16-39-29-20(28(22)32)9-10-23(34-2)27(29)21(15-26(31)36-4)18-13-24(35-3)30-25(14-18)37-11-12-38-30/h5-10,13-14,16,21H,11-12,15H2,1-4H3/t21-/m0/s1. The third-order valence-electron chi connectivity index (χ3n) is 6.76. The second-order valence-corrected chi connectivity index (χ2v) is 8.85. The van der Waals surface area contributed by atoms with Gasteiger partial charge >= 0.3 is 5.97 Å². The summed E-state index contributed by atoms with van der Waals surface area (Å²) in [7, 11) is 5.96. The second-order valence-electron chi connectivity index (χ2n) is 8.85. The molecule has 0 fully saturated rings. The van der Waals surface area contributed by atoms with E-state index in [9.17, 15) is 9.59 Å². The normalized spacial score (nSPS) is 13.0. The average Bonchev–Trinajstić information content (AvgIpc) is 2.99. The van der Waals surface area contributed by atoms with Crippen LogP contribution in [0.1, 0.15) is 23.5 Å². The van der Waals surface area contributed by atoms with Crippen LogP contribution >= 0.6 is 0 Å². The first-order valence-corrected chi connectivity index (χ1v) is 12.3. The summed E-state index contributed by atoms with van der Waals surface area (Å²) >= 11 is 0. The summed E-state index contributed by atoms with van der Waals surface area (Å²) in [5.41, 5.74) is 2.37. The molecule has 9 nitrogen and oxygen atoms in total. The van der Waals surface area contributed by atoms with E-state index >= 15 is 0 Å². The number of fused-ring (bicyclic) bond motifs is 2. The van der Waals surface area contributed by atoms with E-state index in [-0.39, 0.29) is 11.8 Å². The van der Waals surface area contributed by atoms with E-state index in [1.807, 2.05) is 0 Å². The summed E-state index contributed by atoms with van der Waals surface area (Å²) in [5.74, 6) is 1.49. The Bertz CT molecular complexity index is 1550. The van der Waals surface area contributed by atoms with E-state index in [0.29, 0.717) is 75.2 Å². The van der Waals surface area contributed by atoms with Gasteiger partial charge in [0.15, 0.2) is 11.5 Å². The van der Waals surface area contributed by atoms with Crippen molar-refractivity contribution in [2.75, 3.05) is 41.7 Å². The first kappa shape index (κ1) is 26.0. The lowest BCUT2D eigenvalue weighted by atomic mass is 9.86. The molecule has 2 heterocycles. The number of esters is 1. The van der Waals surface area contributed by atoms with E-state index in [1.165, 1.54) is 27.6 Å². The van der Waals surface area contributed by atoms with Gasteiger partial charge in [0.2, 0.25) is 11.2 Å². The van der Waals surface area contributed by atoms with Crippen molar-refractivity contribution in [3.63, 3.8) is 0 Å². The van der Waals surface area contributed by atoms with E-state index < -0.39 is 11.9 Å². The van der Waals surface area contributed by atoms with Gasteiger partial charge in [-0.2, -0.15) is 0 Å². The molecule has 202 valence electrons. The van der Waals surface area contributed by atoms with E-state index in [4.69, 9.17) is 32.8 Å². The van der Waals surface area contributed by atoms with Gasteiger partial charge in [0.1, 0.15) is 36.6 Å². The third kappa shape index (κ3) is 4.83. The SMILES string of the molecule is COC(=O)C[C@@H](c1cc(OC)c2c(c1)OCCO2)c1c(OC)ccc2c(=O)c(-c3ccc(OC)cc3)coc12. The minimum atomic E-state index is -0.629. The molecule has 0 saturated heterocycles. The van der Waals surface area contributed by atoms with Crippen LogP contribution in [-0.4, -0.2) is 47.6 Å². The highest BCUT2D eigenvalue weighted by Crippen LogP contribution is 2.46. The Hall–Kier alpha value is -4.66. The summed E-state index contributed by atoms with van der Waals surface area (Å²) < 4.78 is 39.3. The molecule has 1 aliphatic heterocycles. The maximum atomic E-state index is 13.7. The molecule has 5 rings (SSSR count). The lowest BCUT2D eigenvalue weighted by molar-refractivity contribution is -0.140. The molecule has 0 radical (unpaired) electrons. The topological polar surface area (TPSA) is 103 Å². The van der Waals surface area contributed by atoms with Crippen molar-refractivity contribution < 1.29 is 37.6 Å². The average molecular weight is 533 g/mol. The molecule has 0 bridgehead atoms. The van der Waals surface area contributed by atoms with Crippen LogP contribution in [0, 0.1) is 0 Å². The van der Waals surface area contributed by atoms with Crippen molar-refractivity contribution in [1.82, 2.24) is 0 Å². The number of methoxy groups -OCH3 is 4. The summed E-state index contributed by atoms with van der Waals surface area (Å²) in [5, 5.41) is 0.346. The van der Waals surface area contributed by atoms with Crippen LogP contribution in [0.4, 0.5) is 0 Å². The molecular formula is C30H28O9. The van der Waals surface area contributed by atoms with Crippen LogP contribution in [-0.2, 0) is 9.53 Å². The number of hydrogen-bond donors (Lipinski definition) is 0. The van der Waals surface area contributed by atoms with Gasteiger partial charge in [-0.3, -0.25) is 9.59 Å². The smallest absolute Gasteiger partial charge is 0.306 e. The zero-order valence-corrected chi connectivity index (χ0v) is 22.1. The van der Waals surface area contributed by atoms with E-state index in [2.05, 4.69) is 0 Å². The molecule has 0 amide bonds. The van der Waals surface area contributed by atoms with Gasteiger partial charge in [0.25, 0.3) is 0 Å². The Morgan fingerprint density at radius 2 is 1.64 bits per heavy atom. The first-order chi connectivity index (χ1) is 19.0. The van der Waals surface area contributed by atoms with Gasteiger partial charge in [-0.05, 0) is 47.5 Å². The highest BCUT2D eigenvalue weighted by molar-refractivity contribution is 5.87. The van der Waals surface area contributed by atoms with E-state index in [1.54, 1.807) is 55.6 Å². The Kier molecular flexibility index (Phi) is 7.31. The molecule has 0 unspecified atom stereocenters. The minimum absolute atomic E-state index is 0.0568. The lowest BCUT2D eigenvalue weighted by Crippen LogP contribution is -2.18. The van der Waals surface area contributed by atoms with Gasteiger partial charge in [-0.15, -0.1) is 0 Å². The van der Waals surface area contributed by atoms with Gasteiger partial charge < -0.3 is 32.8 Å². The third-order valence-corrected chi connectivity index (χ3v) is 6.76. The number of ether oxygens (including phenoxy) is 6. The molecule has 0 N–H and O–H groups in total. The molecule has 1 atom stereocenters. The Balaban J connectivity index is 1.72. The Labute approximate surface area is 224 Å². The van der Waals surface area contributed by atoms with Crippen molar-refractivity contribution in [1.29, 1.82) is 0 Å². The quantitative estimate of drug-likeness (QED) is 0.292. The highest BCUT2D eigenvalue weighted by Gasteiger charge is 2.30. The first-order valence-electron chi connectivity index (χ1n) is 12.3. The Morgan fingerprint density at radius 1 is 0.897 bits per heavy atom. The summed E-state index contributed by atoms with van der Waals surface area (Å²) in [4.78, 5) is 26.3. The fraction of sp³-hybridized carbons (Fsp3) is 0.267. The summed E-state index contributed by atoms with van der Waals surface area (Å²) in [6.45, 7) is 0.773. The van der Waals surface area contributed by atoms with Crippen molar-refractivity contribution in [2.45, 2.75) is 12.3 Å². The largest absolute Gasteiger partial charge is 0.497 e. The number of carbonyl (C=O) groups is 1. The van der Waals surface area contributed by atoms with Crippen LogP contribution in [0.5, 0.6) is 28.7 Å². The number of hydrogen-bond acceptors (Lipinski definition) is 9. The Morgan fingerprint density at radius 3 is 2.33 bits per heavy atom. The molecule has 0 aliphatic carbocycles. The van der Waals surface area contributed by atoms with Crippen molar-refractivity contribution in [3.05, 3.63) is 76.1 Å². The lowest BCUT2D eigenvalue weighted by Gasteiger charge is -2.25. The number of carbonyl (C=O) groups excluding carboxylic acids is 1. The van der Waals surface area contributed by atoms with Gasteiger partial charge in [-0.1, -0.05) is 12.1 Å². The van der Waals surface area contributed by atoms with Crippen molar-refractivity contribution >= 4 is 16.9 Å². The second kappa shape index (κ2) is 11.0. The molecule has 39 heavy (non-hydrogen) atoms. The van der Waals surface area contributed by atoms with E-state index in [0.717, 1.165) is 0 Å². The van der Waals surface area contributed by atoms with Crippen LogP contribution in [0.15, 0.2) is 64.0 Å². The van der Waals surface area contributed by atoms with Gasteiger partial charge in [0, 0.05) is 11.5 Å². The predicted molar refractivity (Wildman–Crippen MR) is 143 cm³/mol. The zero-order valence-electron chi connectivity index (χ0n) is 22.1. The zero-order chi connectivity index (χ0) is 27.5. The van der Waals surface area contributed by atoms with Gasteiger partial charge in [-0.25, -0.2) is 0 Å². The molecule has 1 aromatic heterocycles. The van der Waals surface area contributed by atoms with Gasteiger partial charge in [0.05, 0.1) is 45.8 Å². The predicted octanol–water partition coefficient (Wildman–Crippen LogP) is 4.95. The maximum Gasteiger partial charge on any atom is 0.306 e. The fourth-order valence-corrected chi connectivity index (χ4v) is 4.81. The van der Waals surface area contributed by atoms with Crippen LogP contribution in [0.3, 0.4) is 0 Å². The molecule has 9 heteroatoms. The van der Waals surface area contributed by atoms with Crippen LogP contribution in [0.2, 0.25) is 0 Å². The van der Waals surface area contributed by atoms with Crippen LogP contribution < -0.4 is 29.1 Å². The van der Waals surface area contributed by atoms with Crippen molar-refractivity contribution in [3.8, 4) is 39.9 Å². The maximum absolute atomic E-state index is 13.7. The number of rotatable bonds is 8. The molecular weight excluding hydrogens is 504 g/mol. The molecule has 0 saturated carbocycles. The monoisotopic (exact) mass is 532 g/mol. The molecule has 1 aliphatic rings. The minimum Gasteiger partial charge on any atom is -0.497 e. The molecule has 4 aromatic rings. The highest BCUT2D eigenvalue weighted by atomic mass is 16.6. The summed E-state index contributed by atoms with van der Waals surface area (Å²) in [6.07, 6.45) is 1.37. The fourth-order valence-electron chi connectivity index (χ4n) is 4.81. The summed E-state index contributed by atoms with van der Waals surface area (Å²) in [6, 6.07) is 14.1. The molecule has 0 spiro atoms.